The molecule has 2 aromatic rings. The molecule has 5 nitrogen and oxygen atoms in total. The molecule has 0 saturated carbocycles. The lowest BCUT2D eigenvalue weighted by Gasteiger charge is -2.31. The van der Waals surface area contributed by atoms with Gasteiger partial charge in [0.1, 0.15) is 5.75 Å². The first kappa shape index (κ1) is 21.3. The van der Waals surface area contributed by atoms with E-state index in [2.05, 4.69) is 5.32 Å². The van der Waals surface area contributed by atoms with Gasteiger partial charge in [-0.2, -0.15) is 13.2 Å². The lowest BCUT2D eigenvalue weighted by molar-refractivity contribution is -0.137. The Morgan fingerprint density at radius 3 is 2.48 bits per heavy atom. The number of morpholine rings is 1. The van der Waals surface area contributed by atoms with Gasteiger partial charge in [-0.15, -0.1) is 0 Å². The number of nitrogens with zero attached hydrogens (tertiary/aromatic N) is 1. The smallest absolute Gasteiger partial charge is 0.416 e. The van der Waals surface area contributed by atoms with Crippen molar-refractivity contribution in [1.29, 1.82) is 0 Å². The summed E-state index contributed by atoms with van der Waals surface area (Å²) in [6, 6.07) is 10.0. The number of alkyl halides is 3. The van der Waals surface area contributed by atoms with Gasteiger partial charge in [0.15, 0.2) is 0 Å². The molecule has 29 heavy (non-hydrogen) atoms. The molecule has 2 aromatic carbocycles. The molecule has 1 amide bonds. The molecule has 0 unspecified atom stereocenters. The van der Waals surface area contributed by atoms with Crippen LogP contribution in [0, 0.1) is 0 Å². The van der Waals surface area contributed by atoms with Crippen LogP contribution in [0.2, 0.25) is 5.02 Å². The molecule has 1 aliphatic heterocycles. The fraction of sp³-hybridized carbons (Fsp3) is 0.350. The van der Waals surface area contributed by atoms with Crippen LogP contribution in [-0.2, 0) is 15.7 Å². The van der Waals surface area contributed by atoms with Crippen LogP contribution in [0.5, 0.6) is 5.75 Å². The Labute approximate surface area is 171 Å². The first-order valence-electron chi connectivity index (χ1n) is 9.05. The highest BCUT2D eigenvalue weighted by Crippen LogP contribution is 2.35. The van der Waals surface area contributed by atoms with Crippen LogP contribution >= 0.6 is 11.6 Å². The predicted octanol–water partition coefficient (Wildman–Crippen LogP) is 4.60. The summed E-state index contributed by atoms with van der Waals surface area (Å²) >= 11 is 5.80. The molecular formula is C20H20ClF3N2O3. The molecule has 156 valence electrons. The summed E-state index contributed by atoms with van der Waals surface area (Å²) in [5.41, 5.74) is -0.159. The molecule has 0 bridgehead atoms. The summed E-state index contributed by atoms with van der Waals surface area (Å²) in [4.78, 5) is 14.2. The van der Waals surface area contributed by atoms with E-state index in [4.69, 9.17) is 21.1 Å². The molecule has 0 radical (unpaired) electrons. The molecule has 1 fully saturated rings. The van der Waals surface area contributed by atoms with E-state index in [1.165, 1.54) is 6.07 Å². The van der Waals surface area contributed by atoms with Crippen molar-refractivity contribution in [2.24, 2.45) is 0 Å². The molecule has 0 spiro atoms. The van der Waals surface area contributed by atoms with E-state index in [1.807, 2.05) is 4.90 Å². The number of benzene rings is 2. The second-order valence-corrected chi connectivity index (χ2v) is 6.87. The predicted molar refractivity (Wildman–Crippen MR) is 105 cm³/mol. The molecular weight excluding hydrogens is 409 g/mol. The van der Waals surface area contributed by atoms with Crippen LogP contribution in [0.1, 0.15) is 12.0 Å². The minimum atomic E-state index is -4.50. The van der Waals surface area contributed by atoms with E-state index in [0.29, 0.717) is 42.8 Å². The number of rotatable bonds is 6. The topological polar surface area (TPSA) is 50.8 Å². The highest BCUT2D eigenvalue weighted by Gasteiger charge is 2.31. The third-order valence-electron chi connectivity index (χ3n) is 4.36. The Morgan fingerprint density at radius 2 is 1.83 bits per heavy atom. The third-order valence-corrected chi connectivity index (χ3v) is 4.61. The van der Waals surface area contributed by atoms with E-state index < -0.39 is 17.6 Å². The van der Waals surface area contributed by atoms with Crippen molar-refractivity contribution in [2.45, 2.75) is 12.6 Å². The second kappa shape index (κ2) is 9.37. The van der Waals surface area contributed by atoms with Gasteiger partial charge in [0.2, 0.25) is 5.91 Å². The maximum atomic E-state index is 13.1. The van der Waals surface area contributed by atoms with Crippen LogP contribution in [0.3, 0.4) is 0 Å². The number of halogens is 4. The van der Waals surface area contributed by atoms with Crippen molar-refractivity contribution in [1.82, 2.24) is 0 Å². The number of nitrogens with one attached hydrogen (secondary N) is 1. The lowest BCUT2D eigenvalue weighted by Crippen LogP contribution is -2.37. The van der Waals surface area contributed by atoms with E-state index in [0.717, 1.165) is 12.1 Å². The second-order valence-electron chi connectivity index (χ2n) is 6.43. The van der Waals surface area contributed by atoms with Crippen molar-refractivity contribution in [3.63, 3.8) is 0 Å². The molecule has 0 aliphatic carbocycles. The van der Waals surface area contributed by atoms with E-state index >= 15 is 0 Å². The SMILES string of the molecule is O=C(CCOc1ccc(Cl)cc1)Nc1cc(C(F)(F)F)ccc1N1CCOCC1. The fourth-order valence-electron chi connectivity index (χ4n) is 2.90. The van der Waals surface area contributed by atoms with Crippen molar-refractivity contribution in [2.75, 3.05) is 43.1 Å². The van der Waals surface area contributed by atoms with Gasteiger partial charge in [0, 0.05) is 18.1 Å². The number of amides is 1. The highest BCUT2D eigenvalue weighted by atomic mass is 35.5. The molecule has 1 saturated heterocycles. The van der Waals surface area contributed by atoms with Gasteiger partial charge in [0.25, 0.3) is 0 Å². The lowest BCUT2D eigenvalue weighted by atomic mass is 10.1. The van der Waals surface area contributed by atoms with E-state index in [9.17, 15) is 18.0 Å². The molecule has 1 aliphatic rings. The maximum Gasteiger partial charge on any atom is 0.416 e. The molecule has 0 aromatic heterocycles. The summed E-state index contributed by atoms with van der Waals surface area (Å²) < 4.78 is 50.1. The first-order valence-corrected chi connectivity index (χ1v) is 9.43. The zero-order chi connectivity index (χ0) is 20.9. The van der Waals surface area contributed by atoms with Gasteiger partial charge in [-0.05, 0) is 42.5 Å². The van der Waals surface area contributed by atoms with Gasteiger partial charge in [-0.1, -0.05) is 11.6 Å². The van der Waals surface area contributed by atoms with Gasteiger partial charge >= 0.3 is 6.18 Å². The number of anilines is 2. The third kappa shape index (κ3) is 6.01. The average molecular weight is 429 g/mol. The molecule has 0 atom stereocenters. The van der Waals surface area contributed by atoms with Gasteiger partial charge in [0.05, 0.1) is 43.2 Å². The summed E-state index contributed by atoms with van der Waals surface area (Å²) in [7, 11) is 0. The van der Waals surface area contributed by atoms with Crippen LogP contribution in [0.25, 0.3) is 0 Å². The Morgan fingerprint density at radius 1 is 1.14 bits per heavy atom. The average Bonchev–Trinajstić information content (AvgIpc) is 2.69. The number of hydrogen-bond donors (Lipinski definition) is 1. The van der Waals surface area contributed by atoms with E-state index in [1.54, 1.807) is 24.3 Å². The number of carbonyl (C=O) groups is 1. The number of carbonyl (C=O) groups excluding carboxylic acids is 1. The minimum Gasteiger partial charge on any atom is -0.493 e. The molecule has 9 heteroatoms. The number of ether oxygens (including phenoxy) is 2. The normalized spacial score (nSPS) is 14.6. The van der Waals surface area contributed by atoms with Crippen LogP contribution in [0.4, 0.5) is 24.5 Å². The fourth-order valence-corrected chi connectivity index (χ4v) is 3.02. The molecule has 1 N–H and O–H groups in total. The largest absolute Gasteiger partial charge is 0.493 e. The minimum absolute atomic E-state index is 0.0125. The Balaban J connectivity index is 1.67. The molecule has 1 heterocycles. The first-order chi connectivity index (χ1) is 13.8. The Kier molecular flexibility index (Phi) is 6.87. The Hall–Kier alpha value is -2.45. The number of hydrogen-bond acceptors (Lipinski definition) is 4. The monoisotopic (exact) mass is 428 g/mol. The van der Waals surface area contributed by atoms with Crippen molar-refractivity contribution < 1.29 is 27.4 Å². The van der Waals surface area contributed by atoms with E-state index in [-0.39, 0.29) is 18.7 Å². The van der Waals surface area contributed by atoms with Crippen molar-refractivity contribution >= 4 is 28.9 Å². The molecule has 3 rings (SSSR count). The van der Waals surface area contributed by atoms with Gasteiger partial charge < -0.3 is 19.7 Å². The Bertz CT molecular complexity index is 838. The zero-order valence-corrected chi connectivity index (χ0v) is 16.2. The van der Waals surface area contributed by atoms with Crippen LogP contribution in [0.15, 0.2) is 42.5 Å². The zero-order valence-electron chi connectivity index (χ0n) is 15.5. The van der Waals surface area contributed by atoms with Crippen molar-refractivity contribution in [3.05, 3.63) is 53.1 Å². The quantitative estimate of drug-likeness (QED) is 0.730. The highest BCUT2D eigenvalue weighted by molar-refractivity contribution is 6.30. The van der Waals surface area contributed by atoms with Crippen molar-refractivity contribution in [3.8, 4) is 5.75 Å². The summed E-state index contributed by atoms with van der Waals surface area (Å²) in [6.45, 7) is 2.10. The standard InChI is InChI=1S/C20H20ClF3N2O3/c21-15-2-4-16(5-3-15)29-10-7-19(27)25-17-13-14(20(22,23)24)1-6-18(17)26-8-11-28-12-9-26/h1-6,13H,7-12H2,(H,25,27). The van der Waals surface area contributed by atoms with Gasteiger partial charge in [-0.25, -0.2) is 0 Å². The van der Waals surface area contributed by atoms with Crippen LogP contribution < -0.4 is 15.0 Å². The summed E-state index contributed by atoms with van der Waals surface area (Å²) in [6.07, 6.45) is -4.51. The summed E-state index contributed by atoms with van der Waals surface area (Å²) in [5.74, 6) is 0.114. The van der Waals surface area contributed by atoms with Gasteiger partial charge in [-0.3, -0.25) is 4.79 Å². The van der Waals surface area contributed by atoms with Crippen LogP contribution in [-0.4, -0.2) is 38.8 Å². The maximum absolute atomic E-state index is 13.1. The summed E-state index contributed by atoms with van der Waals surface area (Å²) in [5, 5.41) is 3.16.